The van der Waals surface area contributed by atoms with Gasteiger partial charge in [0.15, 0.2) is 4.80 Å². The number of aromatic nitrogens is 1. The van der Waals surface area contributed by atoms with E-state index in [4.69, 9.17) is 9.47 Å². The molecule has 4 aromatic carbocycles. The van der Waals surface area contributed by atoms with E-state index >= 15 is 0 Å². The second kappa shape index (κ2) is 11.4. The number of allylic oxidation sites excluding steroid dienone is 1. The first-order valence-electron chi connectivity index (χ1n) is 13.5. The summed E-state index contributed by atoms with van der Waals surface area (Å²) in [6.45, 7) is 4.18. The third kappa shape index (κ3) is 5.12. The summed E-state index contributed by atoms with van der Waals surface area (Å²) in [6.07, 6.45) is 1.84. The average molecular weight is 561 g/mol. The van der Waals surface area contributed by atoms with E-state index in [1.807, 2.05) is 78.9 Å². The summed E-state index contributed by atoms with van der Waals surface area (Å²) in [7, 11) is 0. The fourth-order valence-electron chi connectivity index (χ4n) is 5.19. The average Bonchev–Trinajstić information content (AvgIpc) is 3.30. The van der Waals surface area contributed by atoms with E-state index < -0.39 is 12.0 Å². The van der Waals surface area contributed by atoms with Gasteiger partial charge in [-0.2, -0.15) is 0 Å². The van der Waals surface area contributed by atoms with Crippen LogP contribution in [0.4, 0.5) is 0 Å². The molecule has 6 rings (SSSR count). The normalized spacial score (nSPS) is 15.0. The Labute approximate surface area is 241 Å². The molecular weight excluding hydrogens is 532 g/mol. The van der Waals surface area contributed by atoms with Gasteiger partial charge in [0.2, 0.25) is 0 Å². The molecule has 41 heavy (non-hydrogen) atoms. The Kier molecular flexibility index (Phi) is 7.35. The maximum atomic E-state index is 13.9. The van der Waals surface area contributed by atoms with Crippen LogP contribution in [-0.4, -0.2) is 17.1 Å². The van der Waals surface area contributed by atoms with Crippen LogP contribution < -0.4 is 19.6 Å². The van der Waals surface area contributed by atoms with Crippen molar-refractivity contribution >= 4 is 34.2 Å². The summed E-state index contributed by atoms with van der Waals surface area (Å²) >= 11 is 1.30. The molecular formula is C34H28N2O4S. The van der Waals surface area contributed by atoms with Crippen molar-refractivity contribution in [1.82, 2.24) is 4.57 Å². The summed E-state index contributed by atoms with van der Waals surface area (Å²) in [5.74, 6) is 0.207. The number of nitrogens with zero attached hydrogens (tertiary/aromatic N) is 2. The van der Waals surface area contributed by atoms with Gasteiger partial charge in [-0.3, -0.25) is 9.36 Å². The van der Waals surface area contributed by atoms with E-state index in [2.05, 4.69) is 29.3 Å². The minimum Gasteiger partial charge on any atom is -0.488 e. The topological polar surface area (TPSA) is 69.9 Å². The number of hydrogen-bond donors (Lipinski definition) is 0. The van der Waals surface area contributed by atoms with Gasteiger partial charge in [0.25, 0.3) is 5.56 Å². The molecule has 204 valence electrons. The van der Waals surface area contributed by atoms with Gasteiger partial charge < -0.3 is 9.47 Å². The smallest absolute Gasteiger partial charge is 0.338 e. The first-order valence-corrected chi connectivity index (χ1v) is 14.3. The van der Waals surface area contributed by atoms with E-state index in [9.17, 15) is 9.59 Å². The van der Waals surface area contributed by atoms with E-state index in [0.717, 1.165) is 27.5 Å². The van der Waals surface area contributed by atoms with Crippen LogP contribution in [0.3, 0.4) is 0 Å². The third-order valence-electron chi connectivity index (χ3n) is 7.10. The van der Waals surface area contributed by atoms with Gasteiger partial charge in [-0.15, -0.1) is 0 Å². The van der Waals surface area contributed by atoms with Crippen molar-refractivity contribution < 1.29 is 14.3 Å². The van der Waals surface area contributed by atoms with E-state index in [1.54, 1.807) is 18.4 Å². The highest BCUT2D eigenvalue weighted by Crippen LogP contribution is 2.30. The highest BCUT2D eigenvalue weighted by molar-refractivity contribution is 7.07. The van der Waals surface area contributed by atoms with Crippen LogP contribution in [0.25, 0.3) is 16.8 Å². The number of carbonyl (C=O) groups excluding carboxylic acids is 1. The number of esters is 1. The Balaban J connectivity index is 1.41. The lowest BCUT2D eigenvalue weighted by Crippen LogP contribution is -2.39. The number of ether oxygens (including phenoxy) is 2. The number of rotatable bonds is 7. The first-order chi connectivity index (χ1) is 20.0. The standard InChI is InChI=1S/C34H28N2O4S/c1-3-39-33(38)30-22(2)35-34-36(31(30)24-13-5-4-6-14-24)32(37)29(41-34)20-25-15-8-10-19-28(25)40-21-26-17-11-16-23-12-7-9-18-27(23)26/h4-20,31H,3,21H2,1-2H3/b29-20+/t31-/m1/s1. The second-order valence-electron chi connectivity index (χ2n) is 9.68. The molecule has 0 amide bonds. The maximum absolute atomic E-state index is 13.9. The number of fused-ring (bicyclic) bond motifs is 2. The van der Waals surface area contributed by atoms with Crippen LogP contribution in [0.5, 0.6) is 5.75 Å². The Morgan fingerprint density at radius 2 is 1.68 bits per heavy atom. The van der Waals surface area contributed by atoms with Crippen LogP contribution in [0.2, 0.25) is 0 Å². The van der Waals surface area contributed by atoms with E-state index in [-0.39, 0.29) is 12.2 Å². The summed E-state index contributed by atoms with van der Waals surface area (Å²) in [5.41, 5.74) is 3.38. The van der Waals surface area contributed by atoms with Crippen LogP contribution in [0.1, 0.15) is 36.6 Å². The number of para-hydroxylation sites is 1. The lowest BCUT2D eigenvalue weighted by molar-refractivity contribution is -0.139. The molecule has 7 heteroatoms. The fourth-order valence-corrected chi connectivity index (χ4v) is 6.23. The Morgan fingerprint density at radius 1 is 0.951 bits per heavy atom. The summed E-state index contributed by atoms with van der Waals surface area (Å²) in [6, 6.07) is 31.0. The molecule has 0 aliphatic carbocycles. The molecule has 0 N–H and O–H groups in total. The molecule has 0 unspecified atom stereocenters. The zero-order chi connectivity index (χ0) is 28.3. The molecule has 0 saturated carbocycles. The molecule has 0 fully saturated rings. The Hall–Kier alpha value is -4.75. The Morgan fingerprint density at radius 3 is 2.51 bits per heavy atom. The zero-order valence-electron chi connectivity index (χ0n) is 22.7. The Bertz CT molecular complexity index is 1970. The van der Waals surface area contributed by atoms with Gasteiger partial charge >= 0.3 is 5.97 Å². The van der Waals surface area contributed by atoms with Gasteiger partial charge in [0, 0.05) is 5.56 Å². The number of benzene rings is 4. The minimum absolute atomic E-state index is 0.222. The molecule has 0 saturated heterocycles. The number of carbonyl (C=O) groups is 1. The maximum Gasteiger partial charge on any atom is 0.338 e. The van der Waals surface area contributed by atoms with Crippen LogP contribution in [-0.2, 0) is 16.1 Å². The van der Waals surface area contributed by atoms with Crippen molar-refractivity contribution in [3.05, 3.63) is 145 Å². The predicted molar refractivity (Wildman–Crippen MR) is 162 cm³/mol. The monoisotopic (exact) mass is 560 g/mol. The molecule has 2 heterocycles. The molecule has 1 aromatic heterocycles. The SMILES string of the molecule is CCOC(=O)C1=C(C)N=c2s/c(=C/c3ccccc3OCc3cccc4ccccc34)c(=O)n2[C@@H]1c1ccccc1. The van der Waals surface area contributed by atoms with Crippen LogP contribution in [0.15, 0.2) is 118 Å². The van der Waals surface area contributed by atoms with Crippen molar-refractivity contribution in [1.29, 1.82) is 0 Å². The summed E-state index contributed by atoms with van der Waals surface area (Å²) < 4.78 is 13.8. The highest BCUT2D eigenvalue weighted by atomic mass is 32.1. The summed E-state index contributed by atoms with van der Waals surface area (Å²) in [4.78, 5) is 32.2. The van der Waals surface area contributed by atoms with Crippen LogP contribution in [0, 0.1) is 0 Å². The fraction of sp³-hybridized carbons (Fsp3) is 0.147. The van der Waals surface area contributed by atoms with Gasteiger partial charge in [-0.05, 0) is 47.9 Å². The molecule has 0 radical (unpaired) electrons. The lowest BCUT2D eigenvalue weighted by atomic mass is 9.96. The second-order valence-corrected chi connectivity index (χ2v) is 10.7. The third-order valence-corrected chi connectivity index (χ3v) is 8.08. The molecule has 0 spiro atoms. The quantitative estimate of drug-likeness (QED) is 0.246. The van der Waals surface area contributed by atoms with Gasteiger partial charge in [0.05, 0.1) is 28.5 Å². The summed E-state index contributed by atoms with van der Waals surface area (Å²) in [5, 5.41) is 2.31. The largest absolute Gasteiger partial charge is 0.488 e. The molecule has 6 nitrogen and oxygen atoms in total. The minimum atomic E-state index is -0.633. The van der Waals surface area contributed by atoms with Gasteiger partial charge in [-0.25, -0.2) is 9.79 Å². The van der Waals surface area contributed by atoms with Crippen molar-refractivity contribution in [2.75, 3.05) is 6.61 Å². The molecule has 0 bridgehead atoms. The number of hydrogen-bond acceptors (Lipinski definition) is 6. The van der Waals surface area contributed by atoms with Crippen molar-refractivity contribution in [3.63, 3.8) is 0 Å². The van der Waals surface area contributed by atoms with Crippen LogP contribution >= 0.6 is 11.3 Å². The van der Waals surface area contributed by atoms with Gasteiger partial charge in [-0.1, -0.05) is 102 Å². The zero-order valence-corrected chi connectivity index (χ0v) is 23.6. The van der Waals surface area contributed by atoms with Crippen molar-refractivity contribution in [3.8, 4) is 5.75 Å². The molecule has 1 aliphatic rings. The molecule has 1 aliphatic heterocycles. The van der Waals surface area contributed by atoms with Crippen molar-refractivity contribution in [2.24, 2.45) is 4.99 Å². The van der Waals surface area contributed by atoms with Gasteiger partial charge in [0.1, 0.15) is 12.4 Å². The lowest BCUT2D eigenvalue weighted by Gasteiger charge is -2.24. The highest BCUT2D eigenvalue weighted by Gasteiger charge is 2.33. The molecule has 1 atom stereocenters. The van der Waals surface area contributed by atoms with E-state index in [1.165, 1.54) is 11.3 Å². The number of thiazole rings is 1. The molecule has 5 aromatic rings. The first kappa shape index (κ1) is 26.5. The predicted octanol–water partition coefficient (Wildman–Crippen LogP) is 5.53. The van der Waals surface area contributed by atoms with E-state index in [0.29, 0.717) is 33.0 Å². The van der Waals surface area contributed by atoms with Crippen molar-refractivity contribution in [2.45, 2.75) is 26.5 Å².